The molecule has 0 unspecified atom stereocenters. The summed E-state index contributed by atoms with van der Waals surface area (Å²) in [7, 11) is 1.80. The topological polar surface area (TPSA) is 59.5 Å². The molecule has 0 aliphatic carbocycles. The maximum atomic E-state index is 11.8. The van der Waals surface area contributed by atoms with Gasteiger partial charge in [-0.25, -0.2) is 0 Å². The number of furan rings is 1. The van der Waals surface area contributed by atoms with Gasteiger partial charge in [-0.3, -0.25) is 4.79 Å². The number of likely N-dealkylation sites (N-methyl/N-ethyl adjacent to an activating group) is 1. The number of amides is 1. The summed E-state index contributed by atoms with van der Waals surface area (Å²) in [6, 6.07) is 3.88. The Hall–Kier alpha value is -1.29. The number of carbonyl (C=O) groups excluding carboxylic acids is 1. The standard InChI is InChI=1S/C13H22N2O2/c1-10-5-6-11(17-10)7-8-15(4)12(16)9-13(2,3)14/h5-6H,7-9,14H2,1-4H3. The Morgan fingerprint density at radius 1 is 1.47 bits per heavy atom. The first kappa shape index (κ1) is 13.8. The minimum absolute atomic E-state index is 0.0702. The van der Waals surface area contributed by atoms with Gasteiger partial charge in [0.1, 0.15) is 11.5 Å². The molecule has 0 aliphatic rings. The van der Waals surface area contributed by atoms with Crippen LogP contribution in [0.25, 0.3) is 0 Å². The molecule has 17 heavy (non-hydrogen) atoms. The highest BCUT2D eigenvalue weighted by Gasteiger charge is 2.19. The fraction of sp³-hybridized carbons (Fsp3) is 0.615. The van der Waals surface area contributed by atoms with Crippen LogP contribution in [0.4, 0.5) is 0 Å². The molecule has 0 radical (unpaired) electrons. The van der Waals surface area contributed by atoms with E-state index in [-0.39, 0.29) is 5.91 Å². The molecule has 4 nitrogen and oxygen atoms in total. The van der Waals surface area contributed by atoms with Gasteiger partial charge in [-0.1, -0.05) is 0 Å². The van der Waals surface area contributed by atoms with E-state index in [9.17, 15) is 4.79 Å². The number of hydrogen-bond acceptors (Lipinski definition) is 3. The number of nitrogens with zero attached hydrogens (tertiary/aromatic N) is 1. The summed E-state index contributed by atoms with van der Waals surface area (Å²) >= 11 is 0. The van der Waals surface area contributed by atoms with Crippen molar-refractivity contribution in [2.45, 2.75) is 39.2 Å². The first-order chi connectivity index (χ1) is 7.78. The van der Waals surface area contributed by atoms with Gasteiger partial charge in [0.15, 0.2) is 0 Å². The Morgan fingerprint density at radius 3 is 2.59 bits per heavy atom. The maximum absolute atomic E-state index is 11.8. The summed E-state index contributed by atoms with van der Waals surface area (Å²) in [6.07, 6.45) is 1.10. The van der Waals surface area contributed by atoms with Gasteiger partial charge in [0.05, 0.1) is 0 Å². The van der Waals surface area contributed by atoms with Gasteiger partial charge in [-0.05, 0) is 32.9 Å². The van der Waals surface area contributed by atoms with Crippen LogP contribution in [0.1, 0.15) is 31.8 Å². The van der Waals surface area contributed by atoms with Crippen molar-refractivity contribution in [3.63, 3.8) is 0 Å². The van der Waals surface area contributed by atoms with E-state index < -0.39 is 5.54 Å². The molecule has 1 aromatic rings. The van der Waals surface area contributed by atoms with Crippen molar-refractivity contribution in [3.8, 4) is 0 Å². The number of carbonyl (C=O) groups is 1. The van der Waals surface area contributed by atoms with E-state index in [4.69, 9.17) is 10.2 Å². The van der Waals surface area contributed by atoms with Crippen LogP contribution in [0.5, 0.6) is 0 Å². The van der Waals surface area contributed by atoms with Crippen molar-refractivity contribution in [2.75, 3.05) is 13.6 Å². The van der Waals surface area contributed by atoms with E-state index >= 15 is 0 Å². The molecule has 0 atom stereocenters. The summed E-state index contributed by atoms with van der Waals surface area (Å²) < 4.78 is 5.45. The minimum atomic E-state index is -0.452. The van der Waals surface area contributed by atoms with Gasteiger partial charge in [0, 0.05) is 32.0 Å². The zero-order chi connectivity index (χ0) is 13.1. The monoisotopic (exact) mass is 238 g/mol. The van der Waals surface area contributed by atoms with Crippen molar-refractivity contribution < 1.29 is 9.21 Å². The molecule has 1 heterocycles. The van der Waals surface area contributed by atoms with Gasteiger partial charge in [-0.2, -0.15) is 0 Å². The summed E-state index contributed by atoms with van der Waals surface area (Å²) in [5.41, 5.74) is 5.37. The average molecular weight is 238 g/mol. The summed E-state index contributed by atoms with van der Waals surface area (Å²) in [5, 5.41) is 0. The molecule has 96 valence electrons. The zero-order valence-electron chi connectivity index (χ0n) is 11.1. The maximum Gasteiger partial charge on any atom is 0.224 e. The first-order valence-electron chi connectivity index (χ1n) is 5.86. The lowest BCUT2D eigenvalue weighted by molar-refractivity contribution is -0.130. The Morgan fingerprint density at radius 2 is 2.12 bits per heavy atom. The summed E-state index contributed by atoms with van der Waals surface area (Å²) in [6.45, 7) is 6.28. The van der Waals surface area contributed by atoms with E-state index in [0.717, 1.165) is 17.9 Å². The number of hydrogen-bond donors (Lipinski definition) is 1. The van der Waals surface area contributed by atoms with Crippen LogP contribution in [0.15, 0.2) is 16.5 Å². The van der Waals surface area contributed by atoms with Gasteiger partial charge >= 0.3 is 0 Å². The molecule has 0 spiro atoms. The average Bonchev–Trinajstić information content (AvgIpc) is 2.58. The van der Waals surface area contributed by atoms with Crippen LogP contribution in [-0.4, -0.2) is 29.9 Å². The van der Waals surface area contributed by atoms with Crippen molar-refractivity contribution in [2.24, 2.45) is 5.73 Å². The Balaban J connectivity index is 2.39. The third-order valence-electron chi connectivity index (χ3n) is 2.52. The normalized spacial score (nSPS) is 11.6. The summed E-state index contributed by atoms with van der Waals surface area (Å²) in [4.78, 5) is 13.5. The largest absolute Gasteiger partial charge is 0.466 e. The molecule has 1 rings (SSSR count). The van der Waals surface area contributed by atoms with Crippen molar-refractivity contribution >= 4 is 5.91 Å². The Bertz CT molecular complexity index is 377. The van der Waals surface area contributed by atoms with Crippen molar-refractivity contribution in [1.29, 1.82) is 0 Å². The third kappa shape index (κ3) is 5.04. The van der Waals surface area contributed by atoms with E-state index in [1.165, 1.54) is 0 Å². The molecule has 0 fully saturated rings. The molecular formula is C13H22N2O2. The molecule has 0 saturated heterocycles. The smallest absolute Gasteiger partial charge is 0.224 e. The highest BCUT2D eigenvalue weighted by atomic mass is 16.3. The van der Waals surface area contributed by atoms with Gasteiger partial charge < -0.3 is 15.1 Å². The lowest BCUT2D eigenvalue weighted by Gasteiger charge is -2.23. The molecule has 4 heteroatoms. The molecule has 0 aliphatic heterocycles. The van der Waals surface area contributed by atoms with Crippen LogP contribution in [0.3, 0.4) is 0 Å². The second-order valence-corrected chi connectivity index (χ2v) is 5.24. The second kappa shape index (κ2) is 5.36. The molecule has 0 bridgehead atoms. The van der Waals surface area contributed by atoms with Crippen LogP contribution >= 0.6 is 0 Å². The lowest BCUT2D eigenvalue weighted by Crippen LogP contribution is -2.40. The third-order valence-corrected chi connectivity index (χ3v) is 2.52. The van der Waals surface area contributed by atoms with Crippen LogP contribution in [0.2, 0.25) is 0 Å². The fourth-order valence-electron chi connectivity index (χ4n) is 1.55. The van der Waals surface area contributed by atoms with E-state index in [2.05, 4.69) is 0 Å². The number of nitrogens with two attached hydrogens (primary N) is 1. The SMILES string of the molecule is Cc1ccc(CCN(C)C(=O)CC(C)(C)N)o1. The van der Waals surface area contributed by atoms with E-state index in [1.54, 1.807) is 11.9 Å². The van der Waals surface area contributed by atoms with Crippen LogP contribution in [-0.2, 0) is 11.2 Å². The van der Waals surface area contributed by atoms with Crippen molar-refractivity contribution in [3.05, 3.63) is 23.7 Å². The summed E-state index contributed by atoms with van der Waals surface area (Å²) in [5.74, 6) is 1.88. The van der Waals surface area contributed by atoms with Crippen molar-refractivity contribution in [1.82, 2.24) is 4.90 Å². The predicted molar refractivity (Wildman–Crippen MR) is 67.7 cm³/mol. The molecule has 2 N–H and O–H groups in total. The van der Waals surface area contributed by atoms with Crippen LogP contribution < -0.4 is 5.73 Å². The van der Waals surface area contributed by atoms with Gasteiger partial charge in [0.25, 0.3) is 0 Å². The van der Waals surface area contributed by atoms with E-state index in [0.29, 0.717) is 13.0 Å². The second-order valence-electron chi connectivity index (χ2n) is 5.24. The minimum Gasteiger partial charge on any atom is -0.466 e. The van der Waals surface area contributed by atoms with Crippen LogP contribution in [0, 0.1) is 6.92 Å². The van der Waals surface area contributed by atoms with Gasteiger partial charge in [-0.15, -0.1) is 0 Å². The zero-order valence-corrected chi connectivity index (χ0v) is 11.1. The van der Waals surface area contributed by atoms with Gasteiger partial charge in [0.2, 0.25) is 5.91 Å². The molecule has 0 saturated carbocycles. The fourth-order valence-corrected chi connectivity index (χ4v) is 1.55. The number of rotatable bonds is 5. The molecule has 1 amide bonds. The van der Waals surface area contributed by atoms with E-state index in [1.807, 2.05) is 32.9 Å². The lowest BCUT2D eigenvalue weighted by atomic mass is 10.0. The Kier molecular flexibility index (Phi) is 4.34. The number of aryl methyl sites for hydroxylation is 1. The highest BCUT2D eigenvalue weighted by Crippen LogP contribution is 2.09. The quantitative estimate of drug-likeness (QED) is 0.849. The first-order valence-corrected chi connectivity index (χ1v) is 5.86. The molecular weight excluding hydrogens is 216 g/mol. The highest BCUT2D eigenvalue weighted by molar-refractivity contribution is 5.77. The predicted octanol–water partition coefficient (Wildman–Crippen LogP) is 1.72. The Labute approximate surface area is 103 Å². The molecule has 0 aromatic carbocycles. The molecule has 1 aromatic heterocycles.